The van der Waals surface area contributed by atoms with Crippen molar-refractivity contribution in [2.45, 2.75) is 25.4 Å². The highest BCUT2D eigenvalue weighted by Crippen LogP contribution is 2.14. The molecule has 0 saturated heterocycles. The van der Waals surface area contributed by atoms with Gasteiger partial charge in [-0.25, -0.2) is 8.42 Å². The van der Waals surface area contributed by atoms with Crippen molar-refractivity contribution in [3.8, 4) is 5.75 Å². The second-order valence-corrected chi connectivity index (χ2v) is 6.74. The first kappa shape index (κ1) is 15.0. The lowest BCUT2D eigenvalue weighted by Gasteiger charge is -2.10. The minimum atomic E-state index is -2.93. The molecule has 0 aliphatic carbocycles. The molecule has 0 aliphatic rings. The van der Waals surface area contributed by atoms with Crippen LogP contribution in [0.3, 0.4) is 0 Å². The van der Waals surface area contributed by atoms with E-state index < -0.39 is 15.9 Å². The summed E-state index contributed by atoms with van der Waals surface area (Å²) < 4.78 is 26.9. The Morgan fingerprint density at radius 2 is 1.89 bits per heavy atom. The predicted molar refractivity (Wildman–Crippen MR) is 71.6 cm³/mol. The zero-order valence-electron chi connectivity index (χ0n) is 10.8. The minimum absolute atomic E-state index is 0.132. The molecule has 1 aromatic carbocycles. The lowest BCUT2D eigenvalue weighted by molar-refractivity contribution is 0.164. The highest BCUT2D eigenvalue weighted by molar-refractivity contribution is 7.90. The molecule has 0 amide bonds. The summed E-state index contributed by atoms with van der Waals surface area (Å²) >= 11 is 0. The van der Waals surface area contributed by atoms with Crippen LogP contribution in [0.2, 0.25) is 0 Å². The first-order valence-corrected chi connectivity index (χ1v) is 7.95. The van der Waals surface area contributed by atoms with E-state index in [4.69, 9.17) is 4.74 Å². The van der Waals surface area contributed by atoms with Crippen LogP contribution in [0.5, 0.6) is 5.75 Å². The van der Waals surface area contributed by atoms with Crippen LogP contribution >= 0.6 is 0 Å². The van der Waals surface area contributed by atoms with E-state index in [1.807, 2.05) is 24.3 Å². The minimum Gasteiger partial charge on any atom is -0.497 e. The molecule has 1 atom stereocenters. The summed E-state index contributed by atoms with van der Waals surface area (Å²) in [6.07, 6.45) is 2.24. The van der Waals surface area contributed by atoms with Crippen molar-refractivity contribution < 1.29 is 18.3 Å². The van der Waals surface area contributed by atoms with Crippen LogP contribution in [0.4, 0.5) is 0 Å². The second kappa shape index (κ2) is 6.75. The molecular weight excluding hydrogens is 252 g/mol. The fraction of sp³-hybridized carbons (Fsp3) is 0.538. The molecule has 0 spiro atoms. The third kappa shape index (κ3) is 6.02. The molecule has 5 heteroatoms. The van der Waals surface area contributed by atoms with Crippen LogP contribution in [0.25, 0.3) is 0 Å². The molecule has 0 bridgehead atoms. The SMILES string of the molecule is COc1ccc(CC(O)CCCS(C)(=O)=O)cc1. The zero-order chi connectivity index (χ0) is 13.6. The number of ether oxygens (including phenoxy) is 1. The summed E-state index contributed by atoms with van der Waals surface area (Å²) in [6, 6.07) is 7.49. The first-order valence-electron chi connectivity index (χ1n) is 5.89. The van der Waals surface area contributed by atoms with Gasteiger partial charge in [0.25, 0.3) is 0 Å². The zero-order valence-corrected chi connectivity index (χ0v) is 11.6. The summed E-state index contributed by atoms with van der Waals surface area (Å²) in [6.45, 7) is 0. The fourth-order valence-corrected chi connectivity index (χ4v) is 2.41. The number of benzene rings is 1. The van der Waals surface area contributed by atoms with E-state index >= 15 is 0 Å². The highest BCUT2D eigenvalue weighted by Gasteiger charge is 2.08. The van der Waals surface area contributed by atoms with Gasteiger partial charge in [0.1, 0.15) is 15.6 Å². The molecule has 0 saturated carbocycles. The van der Waals surface area contributed by atoms with Crippen molar-refractivity contribution in [1.29, 1.82) is 0 Å². The van der Waals surface area contributed by atoms with E-state index in [1.54, 1.807) is 7.11 Å². The monoisotopic (exact) mass is 272 g/mol. The molecule has 0 aliphatic heterocycles. The molecule has 1 aromatic rings. The average molecular weight is 272 g/mol. The van der Waals surface area contributed by atoms with Gasteiger partial charge in [0.2, 0.25) is 0 Å². The Bertz CT molecular complexity index is 450. The predicted octanol–water partition coefficient (Wildman–Crippen LogP) is 1.42. The van der Waals surface area contributed by atoms with Crippen LogP contribution in [-0.4, -0.2) is 38.7 Å². The summed E-state index contributed by atoms with van der Waals surface area (Å²) in [5.74, 6) is 0.914. The number of sulfone groups is 1. The van der Waals surface area contributed by atoms with Gasteiger partial charge in [-0.2, -0.15) is 0 Å². The van der Waals surface area contributed by atoms with E-state index in [0.29, 0.717) is 19.3 Å². The number of hydrogen-bond acceptors (Lipinski definition) is 4. The van der Waals surface area contributed by atoms with E-state index in [2.05, 4.69) is 0 Å². The lowest BCUT2D eigenvalue weighted by Crippen LogP contribution is -2.13. The standard InChI is InChI=1S/C13H20O4S/c1-17-13-7-5-11(6-8-13)10-12(14)4-3-9-18(2,15)16/h5-8,12,14H,3-4,9-10H2,1-2H3. The molecule has 1 N–H and O–H groups in total. The smallest absolute Gasteiger partial charge is 0.147 e. The van der Waals surface area contributed by atoms with Crippen LogP contribution in [0.1, 0.15) is 18.4 Å². The molecular formula is C13H20O4S. The summed E-state index contributed by atoms with van der Waals surface area (Å²) in [4.78, 5) is 0. The molecule has 0 fully saturated rings. The Balaban J connectivity index is 2.37. The van der Waals surface area contributed by atoms with Gasteiger partial charge in [0.15, 0.2) is 0 Å². The van der Waals surface area contributed by atoms with E-state index in [1.165, 1.54) is 6.26 Å². The lowest BCUT2D eigenvalue weighted by atomic mass is 10.0. The molecule has 18 heavy (non-hydrogen) atoms. The Morgan fingerprint density at radius 1 is 1.28 bits per heavy atom. The van der Waals surface area contributed by atoms with Gasteiger partial charge in [0.05, 0.1) is 13.2 Å². The van der Waals surface area contributed by atoms with E-state index in [0.717, 1.165) is 11.3 Å². The fourth-order valence-electron chi connectivity index (χ4n) is 1.72. The largest absolute Gasteiger partial charge is 0.497 e. The van der Waals surface area contributed by atoms with Crippen molar-refractivity contribution in [2.75, 3.05) is 19.1 Å². The number of methoxy groups -OCH3 is 1. The number of aliphatic hydroxyl groups excluding tert-OH is 1. The second-order valence-electron chi connectivity index (χ2n) is 4.48. The Hall–Kier alpha value is -1.07. The highest BCUT2D eigenvalue weighted by atomic mass is 32.2. The van der Waals surface area contributed by atoms with Gasteiger partial charge in [-0.3, -0.25) is 0 Å². The quantitative estimate of drug-likeness (QED) is 0.815. The third-order valence-electron chi connectivity index (χ3n) is 2.68. The Labute approximate surface area is 109 Å². The van der Waals surface area contributed by atoms with Crippen molar-refractivity contribution in [3.05, 3.63) is 29.8 Å². The van der Waals surface area contributed by atoms with Gasteiger partial charge in [-0.1, -0.05) is 12.1 Å². The number of rotatable bonds is 7. The number of aliphatic hydroxyl groups is 1. The molecule has 0 radical (unpaired) electrons. The molecule has 1 unspecified atom stereocenters. The van der Waals surface area contributed by atoms with Gasteiger partial charge >= 0.3 is 0 Å². The van der Waals surface area contributed by atoms with Gasteiger partial charge in [0, 0.05) is 12.0 Å². The summed E-state index contributed by atoms with van der Waals surface area (Å²) in [5.41, 5.74) is 1.02. The molecule has 0 heterocycles. The maximum absolute atomic E-state index is 10.9. The molecule has 4 nitrogen and oxygen atoms in total. The molecule has 102 valence electrons. The average Bonchev–Trinajstić information content (AvgIpc) is 2.28. The first-order chi connectivity index (χ1) is 8.40. The van der Waals surface area contributed by atoms with Crippen molar-refractivity contribution >= 4 is 9.84 Å². The summed E-state index contributed by atoms with van der Waals surface area (Å²) in [7, 11) is -1.32. The Morgan fingerprint density at radius 3 is 2.39 bits per heavy atom. The van der Waals surface area contributed by atoms with Crippen LogP contribution in [0.15, 0.2) is 24.3 Å². The molecule has 0 aromatic heterocycles. The van der Waals surface area contributed by atoms with Gasteiger partial charge in [-0.05, 0) is 37.0 Å². The maximum atomic E-state index is 10.9. The topological polar surface area (TPSA) is 63.6 Å². The van der Waals surface area contributed by atoms with Gasteiger partial charge < -0.3 is 9.84 Å². The van der Waals surface area contributed by atoms with Crippen LogP contribution in [0, 0.1) is 0 Å². The molecule has 1 rings (SSSR count). The van der Waals surface area contributed by atoms with Crippen molar-refractivity contribution in [1.82, 2.24) is 0 Å². The normalized spacial score (nSPS) is 13.3. The van der Waals surface area contributed by atoms with Gasteiger partial charge in [-0.15, -0.1) is 0 Å². The van der Waals surface area contributed by atoms with E-state index in [9.17, 15) is 13.5 Å². The van der Waals surface area contributed by atoms with Crippen molar-refractivity contribution in [2.24, 2.45) is 0 Å². The van der Waals surface area contributed by atoms with Crippen LogP contribution < -0.4 is 4.74 Å². The summed E-state index contributed by atoms with van der Waals surface area (Å²) in [5, 5.41) is 9.80. The van der Waals surface area contributed by atoms with E-state index in [-0.39, 0.29) is 5.75 Å². The number of hydrogen-bond donors (Lipinski definition) is 1. The van der Waals surface area contributed by atoms with Crippen molar-refractivity contribution in [3.63, 3.8) is 0 Å². The maximum Gasteiger partial charge on any atom is 0.147 e. The van der Waals surface area contributed by atoms with Crippen LogP contribution in [-0.2, 0) is 16.3 Å². The third-order valence-corrected chi connectivity index (χ3v) is 3.71. The Kier molecular flexibility index (Phi) is 5.62.